The molecule has 2 nitrogen and oxygen atoms in total. The molecule has 0 aliphatic heterocycles. The molecule has 0 saturated carbocycles. The summed E-state index contributed by atoms with van der Waals surface area (Å²) in [6.45, 7) is 2.13. The number of unbranched alkanes of at least 4 members (excludes halogenated alkanes) is 2. The molecule has 1 N–H and O–H groups in total. The van der Waals surface area contributed by atoms with Crippen molar-refractivity contribution >= 4 is 17.7 Å². The lowest BCUT2D eigenvalue weighted by Crippen LogP contribution is -2.00. The molecule has 0 aliphatic rings. The van der Waals surface area contributed by atoms with E-state index in [0.717, 1.165) is 23.5 Å². The van der Waals surface area contributed by atoms with Crippen molar-refractivity contribution in [3.8, 4) is 0 Å². The standard InChI is InChI=1S/C12H15FO2S/c1-2-3-4-7-16-9-5-6-11(13)10(8-9)12(14)15/h5-6,8H,2-4,7H2,1H3,(H,14,15). The fourth-order valence-electron chi connectivity index (χ4n) is 1.30. The molecule has 0 unspecified atom stereocenters. The van der Waals surface area contributed by atoms with Gasteiger partial charge in [-0.1, -0.05) is 19.8 Å². The first-order chi connectivity index (χ1) is 7.65. The Kier molecular flexibility index (Phi) is 5.32. The van der Waals surface area contributed by atoms with Crippen LogP contribution in [0.5, 0.6) is 0 Å². The molecule has 0 aromatic heterocycles. The Hall–Kier alpha value is -1.03. The zero-order valence-electron chi connectivity index (χ0n) is 9.20. The van der Waals surface area contributed by atoms with Gasteiger partial charge in [-0.25, -0.2) is 9.18 Å². The van der Waals surface area contributed by atoms with Crippen molar-refractivity contribution in [3.63, 3.8) is 0 Å². The lowest BCUT2D eigenvalue weighted by Gasteiger charge is -2.03. The van der Waals surface area contributed by atoms with Gasteiger partial charge in [-0.3, -0.25) is 0 Å². The van der Waals surface area contributed by atoms with E-state index in [2.05, 4.69) is 6.92 Å². The van der Waals surface area contributed by atoms with Crippen molar-refractivity contribution in [2.45, 2.75) is 31.1 Å². The summed E-state index contributed by atoms with van der Waals surface area (Å²) in [4.78, 5) is 11.5. The third kappa shape index (κ3) is 3.85. The Morgan fingerprint density at radius 2 is 2.19 bits per heavy atom. The van der Waals surface area contributed by atoms with Crippen LogP contribution in [0.1, 0.15) is 36.5 Å². The van der Waals surface area contributed by atoms with E-state index in [1.165, 1.54) is 18.6 Å². The quantitative estimate of drug-likeness (QED) is 0.609. The van der Waals surface area contributed by atoms with E-state index in [1.54, 1.807) is 17.8 Å². The fourth-order valence-corrected chi connectivity index (χ4v) is 2.25. The van der Waals surface area contributed by atoms with Crippen molar-refractivity contribution in [2.75, 3.05) is 5.75 Å². The number of thioether (sulfide) groups is 1. The van der Waals surface area contributed by atoms with Crippen LogP contribution >= 0.6 is 11.8 Å². The molecule has 1 aromatic carbocycles. The molecule has 4 heteroatoms. The number of halogens is 1. The number of benzene rings is 1. The lowest BCUT2D eigenvalue weighted by molar-refractivity contribution is 0.0691. The minimum Gasteiger partial charge on any atom is -0.478 e. The van der Waals surface area contributed by atoms with Gasteiger partial charge in [0.25, 0.3) is 0 Å². The third-order valence-corrected chi connectivity index (χ3v) is 3.26. The van der Waals surface area contributed by atoms with E-state index in [9.17, 15) is 9.18 Å². The highest BCUT2D eigenvalue weighted by Crippen LogP contribution is 2.22. The second-order valence-corrected chi connectivity index (χ2v) is 4.67. The summed E-state index contributed by atoms with van der Waals surface area (Å²) >= 11 is 1.57. The zero-order chi connectivity index (χ0) is 12.0. The van der Waals surface area contributed by atoms with Gasteiger partial charge in [0, 0.05) is 4.90 Å². The molecule has 0 fully saturated rings. The van der Waals surface area contributed by atoms with Crippen molar-refractivity contribution in [1.29, 1.82) is 0 Å². The van der Waals surface area contributed by atoms with Crippen LogP contribution in [0.2, 0.25) is 0 Å². The number of aromatic carboxylic acids is 1. The summed E-state index contributed by atoms with van der Waals surface area (Å²) in [6, 6.07) is 4.23. The molecule has 1 aromatic rings. The third-order valence-electron chi connectivity index (χ3n) is 2.18. The summed E-state index contributed by atoms with van der Waals surface area (Å²) in [5.74, 6) is -0.947. The molecule has 0 aliphatic carbocycles. The number of carboxylic acid groups (broad SMARTS) is 1. The van der Waals surface area contributed by atoms with Crippen LogP contribution in [0.25, 0.3) is 0 Å². The maximum Gasteiger partial charge on any atom is 0.338 e. The van der Waals surface area contributed by atoms with Gasteiger partial charge in [-0.2, -0.15) is 0 Å². The van der Waals surface area contributed by atoms with Gasteiger partial charge in [0.2, 0.25) is 0 Å². The molecule has 88 valence electrons. The zero-order valence-corrected chi connectivity index (χ0v) is 10.0. The number of carboxylic acids is 1. The van der Waals surface area contributed by atoms with Crippen molar-refractivity contribution in [1.82, 2.24) is 0 Å². The maximum absolute atomic E-state index is 13.1. The normalized spacial score (nSPS) is 10.4. The van der Waals surface area contributed by atoms with Crippen molar-refractivity contribution < 1.29 is 14.3 Å². The minimum absolute atomic E-state index is 0.250. The van der Waals surface area contributed by atoms with Gasteiger partial charge >= 0.3 is 5.97 Å². The molecule has 0 bridgehead atoms. The highest BCUT2D eigenvalue weighted by Gasteiger charge is 2.10. The smallest absolute Gasteiger partial charge is 0.338 e. The minimum atomic E-state index is -1.21. The van der Waals surface area contributed by atoms with Crippen LogP contribution < -0.4 is 0 Å². The fraction of sp³-hybridized carbons (Fsp3) is 0.417. The van der Waals surface area contributed by atoms with E-state index in [1.807, 2.05) is 0 Å². The second kappa shape index (κ2) is 6.53. The number of rotatable bonds is 6. The first-order valence-corrected chi connectivity index (χ1v) is 6.29. The van der Waals surface area contributed by atoms with E-state index < -0.39 is 11.8 Å². The topological polar surface area (TPSA) is 37.3 Å². The average molecular weight is 242 g/mol. The Morgan fingerprint density at radius 1 is 1.44 bits per heavy atom. The molecule has 0 amide bonds. The maximum atomic E-state index is 13.1. The van der Waals surface area contributed by atoms with Gasteiger partial charge in [0.15, 0.2) is 0 Å². The number of hydrogen-bond donors (Lipinski definition) is 1. The van der Waals surface area contributed by atoms with Crippen LogP contribution in [0.3, 0.4) is 0 Å². The molecule has 0 heterocycles. The van der Waals surface area contributed by atoms with Crippen LogP contribution in [-0.2, 0) is 0 Å². The number of hydrogen-bond acceptors (Lipinski definition) is 2. The molecule has 0 radical (unpaired) electrons. The van der Waals surface area contributed by atoms with Gasteiger partial charge < -0.3 is 5.11 Å². The SMILES string of the molecule is CCCCCSc1ccc(F)c(C(=O)O)c1. The van der Waals surface area contributed by atoms with Crippen LogP contribution in [0.15, 0.2) is 23.1 Å². The van der Waals surface area contributed by atoms with E-state index in [4.69, 9.17) is 5.11 Å². The van der Waals surface area contributed by atoms with Gasteiger partial charge in [0.05, 0.1) is 5.56 Å². The molecular weight excluding hydrogens is 227 g/mol. The largest absolute Gasteiger partial charge is 0.478 e. The molecule has 1 rings (SSSR count). The summed E-state index contributed by atoms with van der Waals surface area (Å²) in [7, 11) is 0. The Labute approximate surface area is 98.9 Å². The van der Waals surface area contributed by atoms with Gasteiger partial charge in [-0.15, -0.1) is 11.8 Å². The van der Waals surface area contributed by atoms with E-state index >= 15 is 0 Å². The van der Waals surface area contributed by atoms with Crippen LogP contribution in [0, 0.1) is 5.82 Å². The van der Waals surface area contributed by atoms with Crippen molar-refractivity contribution in [2.24, 2.45) is 0 Å². The number of carbonyl (C=O) groups is 1. The molecular formula is C12H15FO2S. The summed E-state index contributed by atoms with van der Waals surface area (Å²) in [6.07, 6.45) is 3.42. The predicted octanol–water partition coefficient (Wildman–Crippen LogP) is 3.81. The van der Waals surface area contributed by atoms with E-state index in [0.29, 0.717) is 0 Å². The Balaban J connectivity index is 2.61. The second-order valence-electron chi connectivity index (χ2n) is 3.50. The monoisotopic (exact) mass is 242 g/mol. The van der Waals surface area contributed by atoms with Crippen LogP contribution in [0.4, 0.5) is 4.39 Å². The summed E-state index contributed by atoms with van der Waals surface area (Å²) in [5.41, 5.74) is -0.250. The van der Waals surface area contributed by atoms with Gasteiger partial charge in [0.1, 0.15) is 5.82 Å². The molecule has 0 spiro atoms. The summed E-state index contributed by atoms with van der Waals surface area (Å²) < 4.78 is 13.1. The highest BCUT2D eigenvalue weighted by atomic mass is 32.2. The predicted molar refractivity (Wildman–Crippen MR) is 63.6 cm³/mol. The highest BCUT2D eigenvalue weighted by molar-refractivity contribution is 7.99. The first-order valence-electron chi connectivity index (χ1n) is 5.30. The molecule has 0 atom stereocenters. The lowest BCUT2D eigenvalue weighted by atomic mass is 10.2. The van der Waals surface area contributed by atoms with E-state index in [-0.39, 0.29) is 5.56 Å². The molecule has 0 saturated heterocycles. The van der Waals surface area contributed by atoms with Crippen molar-refractivity contribution in [3.05, 3.63) is 29.6 Å². The summed E-state index contributed by atoms with van der Waals surface area (Å²) in [5, 5.41) is 8.75. The van der Waals surface area contributed by atoms with Gasteiger partial charge in [-0.05, 0) is 30.4 Å². The van der Waals surface area contributed by atoms with Crippen LogP contribution in [-0.4, -0.2) is 16.8 Å². The first kappa shape index (κ1) is 13.0. The average Bonchev–Trinajstić information content (AvgIpc) is 2.26. The molecule has 16 heavy (non-hydrogen) atoms. The Bertz CT molecular complexity index is 366. The Morgan fingerprint density at radius 3 is 2.81 bits per heavy atom.